The topological polar surface area (TPSA) is 64.4 Å². The molecule has 106 valence electrons. The van der Waals surface area contributed by atoms with Crippen LogP contribution in [0, 0.1) is 5.92 Å². The fraction of sp³-hybridized carbons (Fsp3) is 0.462. The van der Waals surface area contributed by atoms with E-state index in [0.29, 0.717) is 5.56 Å². The van der Waals surface area contributed by atoms with Gasteiger partial charge in [0, 0.05) is 12.5 Å². The summed E-state index contributed by atoms with van der Waals surface area (Å²) in [6.45, 7) is 0.881. The average Bonchev–Trinajstić information content (AvgIpc) is 2.37. The van der Waals surface area contributed by atoms with Crippen molar-refractivity contribution < 1.29 is 18.3 Å². The quantitative estimate of drug-likeness (QED) is 0.833. The molecule has 0 aliphatic carbocycles. The SMILES string of the molecule is CC(CN)C(=O)NC(C)c1cccc(OC(F)F)c1. The predicted molar refractivity (Wildman–Crippen MR) is 67.9 cm³/mol. The molecule has 3 N–H and O–H groups in total. The van der Waals surface area contributed by atoms with Crippen molar-refractivity contribution in [2.75, 3.05) is 6.54 Å². The van der Waals surface area contributed by atoms with Crippen LogP contribution in [-0.2, 0) is 4.79 Å². The van der Waals surface area contributed by atoms with Crippen LogP contribution in [-0.4, -0.2) is 19.1 Å². The van der Waals surface area contributed by atoms with Crippen molar-refractivity contribution in [1.29, 1.82) is 0 Å². The number of ether oxygens (including phenoxy) is 1. The van der Waals surface area contributed by atoms with E-state index < -0.39 is 6.61 Å². The maximum atomic E-state index is 12.1. The lowest BCUT2D eigenvalue weighted by molar-refractivity contribution is -0.124. The van der Waals surface area contributed by atoms with E-state index in [4.69, 9.17) is 5.73 Å². The van der Waals surface area contributed by atoms with Gasteiger partial charge in [-0.15, -0.1) is 0 Å². The smallest absolute Gasteiger partial charge is 0.387 e. The summed E-state index contributed by atoms with van der Waals surface area (Å²) in [7, 11) is 0. The summed E-state index contributed by atoms with van der Waals surface area (Å²) in [5.41, 5.74) is 6.09. The number of hydrogen-bond donors (Lipinski definition) is 2. The molecule has 0 spiro atoms. The Morgan fingerprint density at radius 2 is 2.11 bits per heavy atom. The molecule has 0 bridgehead atoms. The first-order chi connectivity index (χ1) is 8.93. The van der Waals surface area contributed by atoms with Crippen LogP contribution in [0.2, 0.25) is 0 Å². The standard InChI is InChI=1S/C13H18F2N2O2/c1-8(7-16)12(18)17-9(2)10-4-3-5-11(6-10)19-13(14)15/h3-6,8-9,13H,7,16H2,1-2H3,(H,17,18). The fourth-order valence-electron chi connectivity index (χ4n) is 1.51. The normalized spacial score (nSPS) is 14.0. The Bertz CT molecular complexity index is 427. The summed E-state index contributed by atoms with van der Waals surface area (Å²) in [5.74, 6) is -0.390. The molecule has 0 radical (unpaired) electrons. The van der Waals surface area contributed by atoms with Gasteiger partial charge in [-0.1, -0.05) is 19.1 Å². The number of carbonyl (C=O) groups is 1. The Morgan fingerprint density at radius 1 is 1.42 bits per heavy atom. The van der Waals surface area contributed by atoms with E-state index in [1.165, 1.54) is 12.1 Å². The molecule has 0 aromatic heterocycles. The lowest BCUT2D eigenvalue weighted by Crippen LogP contribution is -2.34. The van der Waals surface area contributed by atoms with E-state index in [9.17, 15) is 13.6 Å². The third-order valence-electron chi connectivity index (χ3n) is 2.74. The van der Waals surface area contributed by atoms with Gasteiger partial charge >= 0.3 is 6.61 Å². The Hall–Kier alpha value is -1.69. The molecule has 4 nitrogen and oxygen atoms in total. The fourth-order valence-corrected chi connectivity index (χ4v) is 1.51. The van der Waals surface area contributed by atoms with Gasteiger partial charge in [-0.05, 0) is 24.6 Å². The lowest BCUT2D eigenvalue weighted by Gasteiger charge is -2.17. The highest BCUT2D eigenvalue weighted by Crippen LogP contribution is 2.20. The number of halogens is 2. The van der Waals surface area contributed by atoms with Gasteiger partial charge in [0.15, 0.2) is 0 Å². The number of nitrogens with two attached hydrogens (primary N) is 1. The number of hydrogen-bond acceptors (Lipinski definition) is 3. The molecule has 0 saturated heterocycles. The van der Waals surface area contributed by atoms with Crippen LogP contribution >= 0.6 is 0 Å². The summed E-state index contributed by atoms with van der Waals surface area (Å²) in [6.07, 6.45) is 0. The van der Waals surface area contributed by atoms with Crippen molar-refractivity contribution in [2.45, 2.75) is 26.5 Å². The largest absolute Gasteiger partial charge is 0.435 e. The third kappa shape index (κ3) is 4.82. The summed E-state index contributed by atoms with van der Waals surface area (Å²) in [6, 6.07) is 5.94. The highest BCUT2D eigenvalue weighted by Gasteiger charge is 2.15. The maximum Gasteiger partial charge on any atom is 0.387 e. The van der Waals surface area contributed by atoms with Gasteiger partial charge in [-0.3, -0.25) is 4.79 Å². The van der Waals surface area contributed by atoms with Gasteiger partial charge in [0.2, 0.25) is 5.91 Å². The van der Waals surface area contributed by atoms with Gasteiger partial charge in [-0.25, -0.2) is 0 Å². The summed E-state index contributed by atoms with van der Waals surface area (Å²) >= 11 is 0. The molecule has 0 aliphatic heterocycles. The van der Waals surface area contributed by atoms with E-state index in [2.05, 4.69) is 10.1 Å². The zero-order chi connectivity index (χ0) is 14.4. The average molecular weight is 272 g/mol. The molecule has 1 aromatic rings. The maximum absolute atomic E-state index is 12.1. The molecular weight excluding hydrogens is 254 g/mol. The number of alkyl halides is 2. The van der Waals surface area contributed by atoms with Crippen LogP contribution in [0.1, 0.15) is 25.5 Å². The number of amides is 1. The molecular formula is C13H18F2N2O2. The van der Waals surface area contributed by atoms with Gasteiger partial charge in [0.25, 0.3) is 0 Å². The van der Waals surface area contributed by atoms with E-state index in [1.807, 2.05) is 0 Å². The predicted octanol–water partition coefficient (Wildman–Crippen LogP) is 2.06. The molecule has 0 heterocycles. The van der Waals surface area contributed by atoms with Gasteiger partial charge in [0.05, 0.1) is 6.04 Å². The first-order valence-electron chi connectivity index (χ1n) is 5.99. The minimum absolute atomic E-state index is 0.0699. The van der Waals surface area contributed by atoms with Crippen LogP contribution in [0.3, 0.4) is 0 Å². The molecule has 1 amide bonds. The molecule has 0 aliphatic rings. The summed E-state index contributed by atoms with van der Waals surface area (Å²) < 4.78 is 28.5. The van der Waals surface area contributed by atoms with Crippen molar-refractivity contribution in [3.05, 3.63) is 29.8 Å². The van der Waals surface area contributed by atoms with Crippen LogP contribution in [0.4, 0.5) is 8.78 Å². The van der Waals surface area contributed by atoms with E-state index in [0.717, 1.165) is 0 Å². The van der Waals surface area contributed by atoms with Crippen molar-refractivity contribution in [3.8, 4) is 5.75 Å². The number of benzene rings is 1. The Morgan fingerprint density at radius 3 is 2.68 bits per heavy atom. The van der Waals surface area contributed by atoms with Gasteiger partial charge < -0.3 is 15.8 Å². The molecule has 2 unspecified atom stereocenters. The van der Waals surface area contributed by atoms with Crippen LogP contribution in [0.15, 0.2) is 24.3 Å². The van der Waals surface area contributed by atoms with Crippen molar-refractivity contribution >= 4 is 5.91 Å². The van der Waals surface area contributed by atoms with Gasteiger partial charge in [0.1, 0.15) is 5.75 Å². The van der Waals surface area contributed by atoms with Crippen molar-refractivity contribution in [2.24, 2.45) is 11.7 Å². The molecule has 1 aromatic carbocycles. The molecule has 19 heavy (non-hydrogen) atoms. The minimum atomic E-state index is -2.86. The molecule has 2 atom stereocenters. The third-order valence-corrected chi connectivity index (χ3v) is 2.74. The highest BCUT2D eigenvalue weighted by atomic mass is 19.3. The van der Waals surface area contributed by atoms with E-state index >= 15 is 0 Å². The number of carbonyl (C=O) groups excluding carboxylic acids is 1. The lowest BCUT2D eigenvalue weighted by atomic mass is 10.1. The van der Waals surface area contributed by atoms with E-state index in [1.54, 1.807) is 26.0 Å². The summed E-state index contributed by atoms with van der Waals surface area (Å²) in [5, 5.41) is 2.77. The zero-order valence-corrected chi connectivity index (χ0v) is 10.9. The zero-order valence-electron chi connectivity index (χ0n) is 10.9. The summed E-state index contributed by atoms with van der Waals surface area (Å²) in [4.78, 5) is 11.7. The Balaban J connectivity index is 2.71. The number of nitrogens with one attached hydrogen (secondary N) is 1. The first-order valence-corrected chi connectivity index (χ1v) is 5.99. The molecule has 6 heteroatoms. The van der Waals surface area contributed by atoms with E-state index in [-0.39, 0.29) is 30.2 Å². The second-order valence-corrected chi connectivity index (χ2v) is 4.32. The Kier molecular flexibility index (Phi) is 5.69. The van der Waals surface area contributed by atoms with Crippen molar-refractivity contribution in [1.82, 2.24) is 5.32 Å². The van der Waals surface area contributed by atoms with Crippen LogP contribution in [0.25, 0.3) is 0 Å². The monoisotopic (exact) mass is 272 g/mol. The second kappa shape index (κ2) is 7.04. The number of rotatable bonds is 6. The highest BCUT2D eigenvalue weighted by molar-refractivity contribution is 5.78. The molecule has 0 fully saturated rings. The minimum Gasteiger partial charge on any atom is -0.435 e. The second-order valence-electron chi connectivity index (χ2n) is 4.32. The van der Waals surface area contributed by atoms with Crippen LogP contribution in [0.5, 0.6) is 5.75 Å². The Labute approximate surface area is 110 Å². The van der Waals surface area contributed by atoms with Gasteiger partial charge in [-0.2, -0.15) is 8.78 Å². The van der Waals surface area contributed by atoms with Crippen molar-refractivity contribution in [3.63, 3.8) is 0 Å². The first kappa shape index (κ1) is 15.4. The van der Waals surface area contributed by atoms with Crippen LogP contribution < -0.4 is 15.8 Å². The molecule has 0 saturated carbocycles. The molecule has 1 rings (SSSR count).